The van der Waals surface area contributed by atoms with E-state index in [1.807, 2.05) is 6.92 Å². The van der Waals surface area contributed by atoms with Crippen molar-refractivity contribution >= 4 is 5.97 Å². The summed E-state index contributed by atoms with van der Waals surface area (Å²) in [7, 11) is 0. The zero-order valence-electron chi connectivity index (χ0n) is 10.9. The molecule has 1 aliphatic heterocycles. The first kappa shape index (κ1) is 13.0. The summed E-state index contributed by atoms with van der Waals surface area (Å²) in [5.41, 5.74) is 0. The second-order valence-electron chi connectivity index (χ2n) is 4.37. The highest BCUT2D eigenvalue weighted by molar-refractivity contribution is 5.85. The van der Waals surface area contributed by atoms with E-state index in [2.05, 4.69) is 10.2 Å². The molecule has 6 heteroatoms. The van der Waals surface area contributed by atoms with Gasteiger partial charge in [-0.1, -0.05) is 0 Å². The molecular formula is C12H19N3O3. The van der Waals surface area contributed by atoms with Gasteiger partial charge in [0.05, 0.1) is 12.7 Å². The average Bonchev–Trinajstić information content (AvgIpc) is 2.96. The third kappa shape index (κ3) is 2.87. The molecule has 1 atom stereocenters. The van der Waals surface area contributed by atoms with Crippen molar-refractivity contribution in [3.8, 4) is 0 Å². The van der Waals surface area contributed by atoms with Crippen LogP contribution in [0.15, 0.2) is 0 Å². The largest absolute Gasteiger partial charge is 0.460 e. The van der Waals surface area contributed by atoms with Crippen molar-refractivity contribution in [3.05, 3.63) is 11.6 Å². The Kier molecular flexibility index (Phi) is 4.30. The molecule has 0 radical (unpaired) electrons. The first-order valence-electron chi connectivity index (χ1n) is 6.41. The molecule has 0 saturated carbocycles. The number of hydrogen-bond acceptors (Lipinski definition) is 5. The van der Waals surface area contributed by atoms with Crippen LogP contribution in [0.4, 0.5) is 0 Å². The van der Waals surface area contributed by atoms with Gasteiger partial charge in [0, 0.05) is 13.2 Å². The summed E-state index contributed by atoms with van der Waals surface area (Å²) >= 11 is 0. The van der Waals surface area contributed by atoms with Gasteiger partial charge in [0.15, 0.2) is 0 Å². The van der Waals surface area contributed by atoms with Crippen LogP contribution >= 0.6 is 0 Å². The molecule has 0 bridgehead atoms. The number of carbonyl (C=O) groups is 1. The predicted molar refractivity (Wildman–Crippen MR) is 64.3 cm³/mol. The van der Waals surface area contributed by atoms with E-state index in [0.717, 1.165) is 31.7 Å². The summed E-state index contributed by atoms with van der Waals surface area (Å²) in [5, 5.41) is 7.81. The lowest BCUT2D eigenvalue weighted by atomic mass is 10.2. The quantitative estimate of drug-likeness (QED) is 0.741. The summed E-state index contributed by atoms with van der Waals surface area (Å²) in [6.07, 6.45) is 3.39. The van der Waals surface area contributed by atoms with Gasteiger partial charge in [0.1, 0.15) is 5.82 Å². The smallest absolute Gasteiger partial charge is 0.376 e. The van der Waals surface area contributed by atoms with E-state index < -0.39 is 5.97 Å². The SMILES string of the molecule is CCOC(=O)c1nnc(C)n1CCC1CCCO1. The molecule has 1 saturated heterocycles. The monoisotopic (exact) mass is 253 g/mol. The highest BCUT2D eigenvalue weighted by Gasteiger charge is 2.20. The van der Waals surface area contributed by atoms with Gasteiger partial charge in [0.25, 0.3) is 0 Å². The summed E-state index contributed by atoms with van der Waals surface area (Å²) in [4.78, 5) is 11.7. The van der Waals surface area contributed by atoms with Crippen molar-refractivity contribution in [2.24, 2.45) is 0 Å². The number of rotatable bonds is 5. The van der Waals surface area contributed by atoms with Gasteiger partial charge in [-0.15, -0.1) is 10.2 Å². The maximum atomic E-state index is 11.7. The third-order valence-electron chi connectivity index (χ3n) is 3.09. The Morgan fingerprint density at radius 1 is 1.56 bits per heavy atom. The number of aryl methyl sites for hydroxylation is 1. The highest BCUT2D eigenvalue weighted by atomic mass is 16.5. The Labute approximate surface area is 106 Å². The fourth-order valence-electron chi connectivity index (χ4n) is 2.14. The fraction of sp³-hybridized carbons (Fsp3) is 0.750. The molecular weight excluding hydrogens is 234 g/mol. The van der Waals surface area contributed by atoms with Gasteiger partial charge in [-0.2, -0.15) is 0 Å². The summed E-state index contributed by atoms with van der Waals surface area (Å²) in [6, 6.07) is 0. The molecule has 2 heterocycles. The average molecular weight is 253 g/mol. The van der Waals surface area contributed by atoms with Crippen LogP contribution in [0.3, 0.4) is 0 Å². The summed E-state index contributed by atoms with van der Waals surface area (Å²) in [5.74, 6) is 0.605. The molecule has 0 amide bonds. The van der Waals surface area contributed by atoms with Crippen molar-refractivity contribution in [2.75, 3.05) is 13.2 Å². The number of carbonyl (C=O) groups excluding carboxylic acids is 1. The molecule has 1 aromatic heterocycles. The molecule has 1 fully saturated rings. The van der Waals surface area contributed by atoms with E-state index in [-0.39, 0.29) is 5.82 Å². The minimum atomic E-state index is -0.412. The van der Waals surface area contributed by atoms with E-state index >= 15 is 0 Å². The van der Waals surface area contributed by atoms with Crippen LogP contribution in [0, 0.1) is 6.92 Å². The molecule has 2 rings (SSSR count). The van der Waals surface area contributed by atoms with Crippen molar-refractivity contribution in [1.82, 2.24) is 14.8 Å². The van der Waals surface area contributed by atoms with Crippen LogP contribution in [0.5, 0.6) is 0 Å². The lowest BCUT2D eigenvalue weighted by Gasteiger charge is -2.11. The normalized spacial score (nSPS) is 19.1. The van der Waals surface area contributed by atoms with Crippen LogP contribution in [-0.2, 0) is 16.0 Å². The maximum Gasteiger partial charge on any atom is 0.376 e. The van der Waals surface area contributed by atoms with E-state index in [9.17, 15) is 4.79 Å². The standard InChI is InChI=1S/C12H19N3O3/c1-3-17-12(16)11-14-13-9(2)15(11)7-6-10-5-4-8-18-10/h10H,3-8H2,1-2H3. The Morgan fingerprint density at radius 2 is 2.39 bits per heavy atom. The number of esters is 1. The second kappa shape index (κ2) is 5.95. The molecule has 0 N–H and O–H groups in total. The van der Waals surface area contributed by atoms with E-state index in [1.165, 1.54) is 0 Å². The first-order valence-corrected chi connectivity index (χ1v) is 6.41. The number of ether oxygens (including phenoxy) is 2. The molecule has 0 spiro atoms. The van der Waals surface area contributed by atoms with Crippen LogP contribution in [0.1, 0.15) is 42.6 Å². The van der Waals surface area contributed by atoms with Gasteiger partial charge >= 0.3 is 5.97 Å². The molecule has 6 nitrogen and oxygen atoms in total. The lowest BCUT2D eigenvalue weighted by molar-refractivity contribution is 0.0502. The molecule has 0 aromatic carbocycles. The summed E-state index contributed by atoms with van der Waals surface area (Å²) < 4.78 is 12.3. The van der Waals surface area contributed by atoms with Crippen LogP contribution < -0.4 is 0 Å². The Bertz CT molecular complexity index is 411. The van der Waals surface area contributed by atoms with E-state index in [1.54, 1.807) is 11.5 Å². The van der Waals surface area contributed by atoms with Crippen molar-refractivity contribution in [3.63, 3.8) is 0 Å². The highest BCUT2D eigenvalue weighted by Crippen LogP contribution is 2.17. The minimum absolute atomic E-state index is 0.285. The predicted octanol–water partition coefficient (Wildman–Crippen LogP) is 1.33. The molecule has 18 heavy (non-hydrogen) atoms. The lowest BCUT2D eigenvalue weighted by Crippen LogP contribution is -2.17. The zero-order valence-corrected chi connectivity index (χ0v) is 10.9. The Hall–Kier alpha value is -1.43. The topological polar surface area (TPSA) is 66.2 Å². The second-order valence-corrected chi connectivity index (χ2v) is 4.37. The van der Waals surface area contributed by atoms with Crippen LogP contribution in [-0.4, -0.2) is 40.1 Å². The number of hydrogen-bond donors (Lipinski definition) is 0. The van der Waals surface area contributed by atoms with Crippen molar-refractivity contribution < 1.29 is 14.3 Å². The zero-order chi connectivity index (χ0) is 13.0. The van der Waals surface area contributed by atoms with Gasteiger partial charge in [0.2, 0.25) is 5.82 Å². The minimum Gasteiger partial charge on any atom is -0.460 e. The number of nitrogens with zero attached hydrogens (tertiary/aromatic N) is 3. The number of aromatic nitrogens is 3. The van der Waals surface area contributed by atoms with E-state index in [0.29, 0.717) is 19.3 Å². The Balaban J connectivity index is 2.01. The van der Waals surface area contributed by atoms with Gasteiger partial charge < -0.3 is 14.0 Å². The van der Waals surface area contributed by atoms with Crippen molar-refractivity contribution in [2.45, 2.75) is 45.8 Å². The first-order chi connectivity index (χ1) is 8.72. The molecule has 100 valence electrons. The van der Waals surface area contributed by atoms with Gasteiger partial charge in [-0.05, 0) is 33.1 Å². The van der Waals surface area contributed by atoms with Crippen molar-refractivity contribution in [1.29, 1.82) is 0 Å². The van der Waals surface area contributed by atoms with Gasteiger partial charge in [-0.25, -0.2) is 4.79 Å². The van der Waals surface area contributed by atoms with Crippen LogP contribution in [0.25, 0.3) is 0 Å². The molecule has 0 aliphatic carbocycles. The molecule has 1 aliphatic rings. The van der Waals surface area contributed by atoms with E-state index in [4.69, 9.17) is 9.47 Å². The molecule has 1 unspecified atom stereocenters. The van der Waals surface area contributed by atoms with Crippen LogP contribution in [0.2, 0.25) is 0 Å². The Morgan fingerprint density at radius 3 is 3.06 bits per heavy atom. The summed E-state index contributed by atoms with van der Waals surface area (Å²) in [6.45, 7) is 5.49. The molecule has 1 aromatic rings. The third-order valence-corrected chi connectivity index (χ3v) is 3.09. The maximum absolute atomic E-state index is 11.7. The fourth-order valence-corrected chi connectivity index (χ4v) is 2.14. The van der Waals surface area contributed by atoms with Gasteiger partial charge in [-0.3, -0.25) is 0 Å².